The molecule has 0 aromatic rings. The molecule has 9 heavy (non-hydrogen) atoms. The smallest absolute Gasteiger partial charge is 0.306 e. The van der Waals surface area contributed by atoms with Gasteiger partial charge in [0, 0.05) is 6.42 Å². The zero-order valence-electron chi connectivity index (χ0n) is 4.91. The molecule has 0 heterocycles. The average molecular weight is 128 g/mol. The van der Waals surface area contributed by atoms with Crippen molar-refractivity contribution in [2.45, 2.75) is 12.8 Å². The van der Waals surface area contributed by atoms with Crippen LogP contribution in [0.5, 0.6) is 0 Å². The minimum atomic E-state index is -0.762. The number of carboxylic acids is 1. The minimum absolute atomic E-state index is 0.139. The van der Waals surface area contributed by atoms with Crippen molar-refractivity contribution in [2.75, 3.05) is 0 Å². The Morgan fingerprint density at radius 3 is 2.78 bits per heavy atom. The van der Waals surface area contributed by atoms with Gasteiger partial charge in [-0.15, -0.1) is 0 Å². The third kappa shape index (κ3) is 1.28. The van der Waals surface area contributed by atoms with E-state index in [2.05, 4.69) is 0 Å². The van der Waals surface area contributed by atoms with Gasteiger partial charge in [-0.1, -0.05) is 0 Å². The molecule has 0 saturated heterocycles. The summed E-state index contributed by atoms with van der Waals surface area (Å²) in [6, 6.07) is 0. The lowest BCUT2D eigenvalue weighted by atomic mass is 10.2. The predicted octanol–water partition coefficient (Wildman–Crippen LogP) is 0.296. The highest BCUT2D eigenvalue weighted by molar-refractivity contribution is 5.74. The maximum absolute atomic E-state index is 10.1. The molecule has 50 valence electrons. The lowest BCUT2D eigenvalue weighted by Crippen LogP contribution is -1.99. The van der Waals surface area contributed by atoms with Crippen LogP contribution in [0.25, 0.3) is 0 Å². The first-order chi connectivity index (χ1) is 4.25. The second kappa shape index (κ2) is 2.17. The van der Waals surface area contributed by atoms with Crippen LogP contribution in [-0.2, 0) is 9.59 Å². The summed E-state index contributed by atoms with van der Waals surface area (Å²) in [6.45, 7) is 0. The molecule has 1 rings (SSSR count). The van der Waals surface area contributed by atoms with Gasteiger partial charge < -0.3 is 9.90 Å². The van der Waals surface area contributed by atoms with Gasteiger partial charge in [0.1, 0.15) is 6.29 Å². The summed E-state index contributed by atoms with van der Waals surface area (Å²) >= 11 is 0. The van der Waals surface area contributed by atoms with Crippen LogP contribution in [0, 0.1) is 11.8 Å². The van der Waals surface area contributed by atoms with Crippen LogP contribution >= 0.6 is 0 Å². The van der Waals surface area contributed by atoms with Crippen LogP contribution in [0.15, 0.2) is 0 Å². The average Bonchev–Trinajstić information content (AvgIpc) is 2.47. The quantitative estimate of drug-likeness (QED) is 0.556. The molecule has 0 aliphatic heterocycles. The molecule has 0 bridgehead atoms. The fourth-order valence-corrected chi connectivity index (χ4v) is 0.934. The van der Waals surface area contributed by atoms with Crippen molar-refractivity contribution in [1.82, 2.24) is 0 Å². The molecule has 0 aromatic carbocycles. The van der Waals surface area contributed by atoms with E-state index in [0.29, 0.717) is 12.8 Å². The Bertz CT molecular complexity index is 141. The van der Waals surface area contributed by atoms with Crippen LogP contribution in [-0.4, -0.2) is 17.4 Å². The monoisotopic (exact) mass is 128 g/mol. The molecule has 2 atom stereocenters. The Hall–Kier alpha value is -0.860. The summed E-state index contributed by atoms with van der Waals surface area (Å²) in [6.07, 6.45) is 1.89. The molecule has 1 fully saturated rings. The minimum Gasteiger partial charge on any atom is -0.481 e. The number of aliphatic carboxylic acids is 1. The lowest BCUT2D eigenvalue weighted by Gasteiger charge is -1.84. The van der Waals surface area contributed by atoms with Gasteiger partial charge in [-0.2, -0.15) is 0 Å². The Kier molecular flexibility index (Phi) is 1.51. The molecule has 1 aliphatic rings. The molecule has 1 saturated carbocycles. The van der Waals surface area contributed by atoms with Gasteiger partial charge in [0.25, 0.3) is 0 Å². The van der Waals surface area contributed by atoms with Gasteiger partial charge in [0.2, 0.25) is 0 Å². The van der Waals surface area contributed by atoms with E-state index in [9.17, 15) is 9.59 Å². The van der Waals surface area contributed by atoms with Gasteiger partial charge in [-0.25, -0.2) is 0 Å². The fourth-order valence-electron chi connectivity index (χ4n) is 0.934. The molecule has 0 radical (unpaired) electrons. The number of rotatable bonds is 3. The van der Waals surface area contributed by atoms with E-state index in [-0.39, 0.29) is 11.8 Å². The first-order valence-corrected chi connectivity index (χ1v) is 2.92. The largest absolute Gasteiger partial charge is 0.481 e. The molecule has 0 aromatic heterocycles. The molecule has 1 N–H and O–H groups in total. The van der Waals surface area contributed by atoms with E-state index >= 15 is 0 Å². The third-order valence-electron chi connectivity index (χ3n) is 1.64. The summed E-state index contributed by atoms with van der Waals surface area (Å²) in [7, 11) is 0. The molecule has 3 nitrogen and oxygen atoms in total. The molecule has 0 unspecified atom stereocenters. The summed E-state index contributed by atoms with van der Waals surface area (Å²) in [4.78, 5) is 20.0. The van der Waals surface area contributed by atoms with Crippen molar-refractivity contribution in [3.63, 3.8) is 0 Å². The van der Waals surface area contributed by atoms with E-state index in [1.54, 1.807) is 0 Å². The fraction of sp³-hybridized carbons (Fsp3) is 0.667. The van der Waals surface area contributed by atoms with E-state index < -0.39 is 5.97 Å². The maximum Gasteiger partial charge on any atom is 0.306 e. The molecule has 3 heteroatoms. The molecular weight excluding hydrogens is 120 g/mol. The zero-order chi connectivity index (χ0) is 6.85. The Balaban J connectivity index is 2.24. The predicted molar refractivity (Wildman–Crippen MR) is 29.9 cm³/mol. The van der Waals surface area contributed by atoms with Gasteiger partial charge in [0.05, 0.1) is 5.92 Å². The van der Waals surface area contributed by atoms with Crippen LogP contribution in [0.4, 0.5) is 0 Å². The number of hydrogen-bond acceptors (Lipinski definition) is 2. The van der Waals surface area contributed by atoms with E-state index in [0.717, 1.165) is 6.29 Å². The molecular formula is C6H8O3. The van der Waals surface area contributed by atoms with Crippen molar-refractivity contribution in [3.05, 3.63) is 0 Å². The molecule has 0 amide bonds. The van der Waals surface area contributed by atoms with Crippen molar-refractivity contribution in [3.8, 4) is 0 Å². The van der Waals surface area contributed by atoms with E-state index in [1.165, 1.54) is 0 Å². The van der Waals surface area contributed by atoms with Gasteiger partial charge in [-0.3, -0.25) is 4.79 Å². The number of hydrogen-bond donors (Lipinski definition) is 1. The van der Waals surface area contributed by atoms with Crippen molar-refractivity contribution >= 4 is 12.3 Å². The SMILES string of the molecule is O=CC[C@@H]1C[C@H]1C(=O)O. The standard InChI is InChI=1S/C6H8O3/c7-2-1-4-3-5(4)6(8)9/h2,4-5H,1,3H2,(H,8,9)/t4-,5-/m1/s1. The Morgan fingerprint density at radius 1 is 1.78 bits per heavy atom. The van der Waals surface area contributed by atoms with Crippen LogP contribution < -0.4 is 0 Å². The summed E-state index contributed by atoms with van der Waals surface area (Å²) in [5, 5.41) is 8.33. The summed E-state index contributed by atoms with van der Waals surface area (Å²) < 4.78 is 0. The van der Waals surface area contributed by atoms with Crippen LogP contribution in [0.1, 0.15) is 12.8 Å². The second-order valence-corrected chi connectivity index (χ2v) is 2.34. The summed E-state index contributed by atoms with van der Waals surface area (Å²) in [5.41, 5.74) is 0. The lowest BCUT2D eigenvalue weighted by molar-refractivity contribution is -0.138. The Labute approximate surface area is 52.7 Å². The molecule has 1 aliphatic carbocycles. The third-order valence-corrected chi connectivity index (χ3v) is 1.64. The van der Waals surface area contributed by atoms with Gasteiger partial charge >= 0.3 is 5.97 Å². The van der Waals surface area contributed by atoms with E-state index in [4.69, 9.17) is 5.11 Å². The zero-order valence-corrected chi connectivity index (χ0v) is 4.91. The second-order valence-electron chi connectivity index (χ2n) is 2.34. The van der Waals surface area contributed by atoms with E-state index in [1.807, 2.05) is 0 Å². The first-order valence-electron chi connectivity index (χ1n) is 2.92. The summed E-state index contributed by atoms with van der Waals surface area (Å²) in [5.74, 6) is -0.850. The normalized spacial score (nSPS) is 31.6. The highest BCUT2D eigenvalue weighted by Crippen LogP contribution is 2.40. The van der Waals surface area contributed by atoms with Crippen molar-refractivity contribution < 1.29 is 14.7 Å². The number of carbonyl (C=O) groups excluding carboxylic acids is 1. The van der Waals surface area contributed by atoms with Gasteiger partial charge in [-0.05, 0) is 12.3 Å². The number of carboxylic acid groups (broad SMARTS) is 1. The number of aldehydes is 1. The highest BCUT2D eigenvalue weighted by atomic mass is 16.4. The maximum atomic E-state index is 10.1. The van der Waals surface area contributed by atoms with Gasteiger partial charge in [0.15, 0.2) is 0 Å². The Morgan fingerprint density at radius 2 is 2.44 bits per heavy atom. The van der Waals surface area contributed by atoms with Crippen LogP contribution in [0.3, 0.4) is 0 Å². The highest BCUT2D eigenvalue weighted by Gasteiger charge is 2.42. The van der Waals surface area contributed by atoms with Crippen molar-refractivity contribution in [2.24, 2.45) is 11.8 Å². The topological polar surface area (TPSA) is 54.4 Å². The van der Waals surface area contributed by atoms with Crippen molar-refractivity contribution in [1.29, 1.82) is 0 Å². The first kappa shape index (κ1) is 6.26. The number of carbonyl (C=O) groups is 2. The molecule has 0 spiro atoms. The van der Waals surface area contributed by atoms with Crippen LogP contribution in [0.2, 0.25) is 0 Å².